The Morgan fingerprint density at radius 1 is 1.10 bits per heavy atom. The van der Waals surface area contributed by atoms with Gasteiger partial charge in [0.2, 0.25) is 0 Å². The second kappa shape index (κ2) is 8.77. The molecule has 150 valence electrons. The molecule has 0 aliphatic carbocycles. The first kappa shape index (κ1) is 20.4. The molecule has 2 N–H and O–H groups in total. The fourth-order valence-corrected chi connectivity index (χ4v) is 3.16. The van der Waals surface area contributed by atoms with E-state index in [1.165, 1.54) is 6.07 Å². The summed E-state index contributed by atoms with van der Waals surface area (Å²) in [6.45, 7) is 3.55. The highest BCUT2D eigenvalue weighted by Gasteiger charge is 2.20. The molecule has 1 unspecified atom stereocenters. The van der Waals surface area contributed by atoms with E-state index in [2.05, 4.69) is 15.3 Å². The number of fused-ring (bicyclic) bond motifs is 1. The van der Waals surface area contributed by atoms with Crippen molar-refractivity contribution in [3.05, 3.63) is 70.8 Å². The third-order valence-electron chi connectivity index (χ3n) is 4.76. The van der Waals surface area contributed by atoms with Crippen LogP contribution in [0.25, 0.3) is 11.0 Å². The largest absolute Gasteiger partial charge is 0.481 e. The molecule has 0 saturated carbocycles. The number of hydrogen-bond acceptors (Lipinski definition) is 4. The number of nitrogens with one attached hydrogen (secondary N) is 1. The molecule has 6 nitrogen and oxygen atoms in total. The number of carbonyl (C=O) groups excluding carboxylic acids is 1. The Bertz CT molecular complexity index is 1050. The van der Waals surface area contributed by atoms with Crippen molar-refractivity contribution in [1.82, 2.24) is 15.3 Å². The van der Waals surface area contributed by atoms with Crippen molar-refractivity contribution in [3.8, 4) is 0 Å². The molecule has 0 saturated heterocycles. The van der Waals surface area contributed by atoms with E-state index in [1.54, 1.807) is 13.8 Å². The van der Waals surface area contributed by atoms with E-state index in [0.29, 0.717) is 28.8 Å². The van der Waals surface area contributed by atoms with Gasteiger partial charge in [0.05, 0.1) is 22.5 Å². The summed E-state index contributed by atoms with van der Waals surface area (Å²) in [4.78, 5) is 32.7. The Balaban J connectivity index is 1.90. The summed E-state index contributed by atoms with van der Waals surface area (Å²) >= 11 is 0. The summed E-state index contributed by atoms with van der Waals surface area (Å²) in [5.74, 6) is -2.02. The highest BCUT2D eigenvalue weighted by molar-refractivity contribution is 6.04. The molecule has 1 heterocycles. The predicted octanol–water partition coefficient (Wildman–Crippen LogP) is 3.59. The second-order valence-corrected chi connectivity index (χ2v) is 7.01. The Morgan fingerprint density at radius 2 is 1.79 bits per heavy atom. The van der Waals surface area contributed by atoms with Crippen molar-refractivity contribution in [3.63, 3.8) is 0 Å². The van der Waals surface area contributed by atoms with Crippen LogP contribution >= 0.6 is 0 Å². The number of aromatic nitrogens is 2. The molecule has 1 atom stereocenters. The number of carboxylic acids is 1. The number of hydrogen-bond donors (Lipinski definition) is 2. The lowest BCUT2D eigenvalue weighted by Crippen LogP contribution is -2.37. The number of amides is 1. The normalized spacial score (nSPS) is 12.0. The number of rotatable bonds is 7. The zero-order valence-electron chi connectivity index (χ0n) is 16.3. The van der Waals surface area contributed by atoms with Crippen molar-refractivity contribution >= 4 is 22.9 Å². The van der Waals surface area contributed by atoms with Gasteiger partial charge in [0.1, 0.15) is 11.3 Å². The maximum Gasteiger partial charge on any atom is 0.303 e. The Labute approximate surface area is 167 Å². The quantitative estimate of drug-likeness (QED) is 0.638. The predicted molar refractivity (Wildman–Crippen MR) is 107 cm³/mol. The van der Waals surface area contributed by atoms with E-state index >= 15 is 0 Å². The van der Waals surface area contributed by atoms with Crippen LogP contribution in [0.1, 0.15) is 40.2 Å². The van der Waals surface area contributed by atoms with Crippen LogP contribution in [0.3, 0.4) is 0 Å². The third-order valence-corrected chi connectivity index (χ3v) is 4.76. The average molecular weight is 395 g/mol. The van der Waals surface area contributed by atoms with Crippen LogP contribution in [0, 0.1) is 19.7 Å². The molecule has 0 radical (unpaired) electrons. The van der Waals surface area contributed by atoms with Crippen molar-refractivity contribution in [2.75, 3.05) is 0 Å². The smallest absolute Gasteiger partial charge is 0.303 e. The summed E-state index contributed by atoms with van der Waals surface area (Å²) in [6, 6.07) is 11.4. The van der Waals surface area contributed by atoms with Gasteiger partial charge in [-0.3, -0.25) is 9.59 Å². The first-order valence-electron chi connectivity index (χ1n) is 9.34. The first-order valence-corrected chi connectivity index (χ1v) is 9.34. The van der Waals surface area contributed by atoms with Crippen LogP contribution in [0.4, 0.5) is 4.39 Å². The summed E-state index contributed by atoms with van der Waals surface area (Å²) in [5.41, 5.74) is 3.01. The number of aryl methyl sites for hydroxylation is 2. The number of benzene rings is 2. The molecule has 7 heteroatoms. The topological polar surface area (TPSA) is 92.2 Å². The van der Waals surface area contributed by atoms with Gasteiger partial charge >= 0.3 is 5.97 Å². The highest BCUT2D eigenvalue weighted by atomic mass is 19.1. The SMILES string of the molecule is Cc1nc2cc(F)cc(C(=O)NC(CCC(=O)O)Cc3ccccc3)c2nc1C. The van der Waals surface area contributed by atoms with Crippen molar-refractivity contribution < 1.29 is 19.1 Å². The van der Waals surface area contributed by atoms with E-state index in [1.807, 2.05) is 30.3 Å². The maximum absolute atomic E-state index is 14.1. The van der Waals surface area contributed by atoms with Crippen LogP contribution < -0.4 is 5.32 Å². The van der Waals surface area contributed by atoms with Crippen molar-refractivity contribution in [1.29, 1.82) is 0 Å². The standard InChI is InChI=1S/C22H22FN3O3/c1-13-14(2)25-21-18(11-16(23)12-19(21)24-13)22(29)26-17(8-9-20(27)28)10-15-6-4-3-5-7-15/h3-7,11-12,17H,8-10H2,1-2H3,(H,26,29)(H,27,28). The Morgan fingerprint density at radius 3 is 2.48 bits per heavy atom. The maximum atomic E-state index is 14.1. The molecule has 0 aliphatic rings. The Kier molecular flexibility index (Phi) is 6.16. The number of aliphatic carboxylic acids is 1. The molecule has 1 aromatic heterocycles. The summed E-state index contributed by atoms with van der Waals surface area (Å²) < 4.78 is 14.1. The summed E-state index contributed by atoms with van der Waals surface area (Å²) in [5, 5.41) is 11.9. The van der Waals surface area contributed by atoms with Gasteiger partial charge in [0, 0.05) is 18.5 Å². The van der Waals surface area contributed by atoms with Gasteiger partial charge < -0.3 is 10.4 Å². The van der Waals surface area contributed by atoms with Gasteiger partial charge in [-0.25, -0.2) is 14.4 Å². The van der Waals surface area contributed by atoms with Crippen molar-refractivity contribution in [2.24, 2.45) is 0 Å². The number of halogens is 1. The van der Waals surface area contributed by atoms with Gasteiger partial charge in [-0.1, -0.05) is 30.3 Å². The molecule has 3 aromatic rings. The average Bonchev–Trinajstić information content (AvgIpc) is 2.67. The molecule has 0 fully saturated rings. The minimum absolute atomic E-state index is 0.0835. The lowest BCUT2D eigenvalue weighted by Gasteiger charge is -2.19. The summed E-state index contributed by atoms with van der Waals surface area (Å²) in [6.07, 6.45) is 0.643. The fraction of sp³-hybridized carbons (Fsp3) is 0.273. The van der Waals surface area contributed by atoms with E-state index in [9.17, 15) is 14.0 Å². The van der Waals surface area contributed by atoms with E-state index in [-0.39, 0.29) is 18.4 Å². The molecule has 1 amide bonds. The van der Waals surface area contributed by atoms with Gasteiger partial charge in [0.15, 0.2) is 0 Å². The zero-order valence-corrected chi connectivity index (χ0v) is 16.3. The zero-order chi connectivity index (χ0) is 21.0. The fourth-order valence-electron chi connectivity index (χ4n) is 3.16. The Hall–Kier alpha value is -3.35. The van der Waals surface area contributed by atoms with Crippen LogP contribution in [-0.4, -0.2) is 33.0 Å². The molecule has 0 bridgehead atoms. The molecule has 3 rings (SSSR count). The lowest BCUT2D eigenvalue weighted by atomic mass is 10.0. The van der Waals surface area contributed by atoms with Crippen LogP contribution in [0.15, 0.2) is 42.5 Å². The molecule has 0 aliphatic heterocycles. The van der Waals surface area contributed by atoms with E-state index in [0.717, 1.165) is 11.6 Å². The molecular formula is C22H22FN3O3. The molecule has 29 heavy (non-hydrogen) atoms. The number of nitrogens with zero attached hydrogens (tertiary/aromatic N) is 2. The van der Waals surface area contributed by atoms with E-state index in [4.69, 9.17) is 5.11 Å². The summed E-state index contributed by atoms with van der Waals surface area (Å²) in [7, 11) is 0. The van der Waals surface area contributed by atoms with Crippen LogP contribution in [0.2, 0.25) is 0 Å². The van der Waals surface area contributed by atoms with Crippen LogP contribution in [0.5, 0.6) is 0 Å². The molecule has 0 spiro atoms. The van der Waals surface area contributed by atoms with Gasteiger partial charge in [-0.15, -0.1) is 0 Å². The van der Waals surface area contributed by atoms with Crippen LogP contribution in [-0.2, 0) is 11.2 Å². The molecule has 2 aromatic carbocycles. The van der Waals surface area contributed by atoms with E-state index < -0.39 is 23.7 Å². The number of carbonyl (C=O) groups is 2. The third kappa shape index (κ3) is 5.13. The first-order chi connectivity index (χ1) is 13.8. The second-order valence-electron chi connectivity index (χ2n) is 7.01. The van der Waals surface area contributed by atoms with Gasteiger partial charge in [0.25, 0.3) is 5.91 Å². The number of carboxylic acid groups (broad SMARTS) is 1. The molecular weight excluding hydrogens is 373 g/mol. The van der Waals surface area contributed by atoms with Crippen molar-refractivity contribution in [2.45, 2.75) is 39.2 Å². The van der Waals surface area contributed by atoms with Gasteiger partial charge in [-0.05, 0) is 38.3 Å². The minimum Gasteiger partial charge on any atom is -0.481 e. The highest BCUT2D eigenvalue weighted by Crippen LogP contribution is 2.20. The van der Waals surface area contributed by atoms with Gasteiger partial charge in [-0.2, -0.15) is 0 Å². The monoisotopic (exact) mass is 395 g/mol. The lowest BCUT2D eigenvalue weighted by molar-refractivity contribution is -0.137. The minimum atomic E-state index is -0.939.